The van der Waals surface area contributed by atoms with Crippen LogP contribution in [0.15, 0.2) is 48.5 Å². The average Bonchev–Trinajstić information content (AvgIpc) is 2.96. The minimum absolute atomic E-state index is 0.0755. The number of alkyl halides is 13. The Morgan fingerprint density at radius 3 is 1.85 bits per heavy atom. The fourth-order valence-corrected chi connectivity index (χ4v) is 3.85. The summed E-state index contributed by atoms with van der Waals surface area (Å²) < 4.78 is 192. The highest BCUT2D eigenvalue weighted by Gasteiger charge is 2.90. The maximum atomic E-state index is 14.7. The third-order valence-electron chi connectivity index (χ3n) is 6.46. The van der Waals surface area contributed by atoms with Gasteiger partial charge in [-0.15, -0.1) is 0 Å². The smallest absolute Gasteiger partial charge is 0.460 e. The Morgan fingerprint density at radius 2 is 1.35 bits per heavy atom. The predicted molar refractivity (Wildman–Crippen MR) is 138 cm³/mol. The van der Waals surface area contributed by atoms with E-state index in [4.69, 9.17) is 14.2 Å². The molecular weight excluding hydrogens is 693 g/mol. The second kappa shape index (κ2) is 14.7. The molecule has 0 heterocycles. The van der Waals surface area contributed by atoms with Gasteiger partial charge in [-0.05, 0) is 49.2 Å². The largest absolute Gasteiger partial charge is 0.492 e. The van der Waals surface area contributed by atoms with E-state index < -0.39 is 84.3 Å². The number of carbonyl (C=O) groups excluding carboxylic acids is 1. The molecule has 48 heavy (non-hydrogen) atoms. The van der Waals surface area contributed by atoms with Crippen molar-refractivity contribution in [3.8, 4) is 11.5 Å². The monoisotopic (exact) mass is 719 g/mol. The van der Waals surface area contributed by atoms with Gasteiger partial charge in [0.05, 0.1) is 13.1 Å². The van der Waals surface area contributed by atoms with Crippen LogP contribution in [-0.4, -0.2) is 90.3 Å². The molecule has 1 N–H and O–H groups in total. The number of hydrogen-bond acceptors (Lipinski definition) is 5. The van der Waals surface area contributed by atoms with Crippen LogP contribution in [0.5, 0.6) is 11.5 Å². The lowest BCUT2D eigenvalue weighted by molar-refractivity contribution is -0.440. The molecule has 0 aliphatic carbocycles. The van der Waals surface area contributed by atoms with Crippen molar-refractivity contribution in [1.29, 1.82) is 0 Å². The van der Waals surface area contributed by atoms with Crippen LogP contribution in [0.3, 0.4) is 0 Å². The molecule has 2 rings (SSSR count). The molecule has 0 bridgehead atoms. The van der Waals surface area contributed by atoms with Crippen LogP contribution in [0, 0.1) is 6.92 Å². The number of halogens is 13. The van der Waals surface area contributed by atoms with Crippen molar-refractivity contribution in [1.82, 2.24) is 4.90 Å². The van der Waals surface area contributed by atoms with E-state index in [1.54, 1.807) is 6.92 Å². The molecule has 7 nitrogen and oxygen atoms in total. The van der Waals surface area contributed by atoms with Crippen molar-refractivity contribution in [2.24, 2.45) is 0 Å². The lowest BCUT2D eigenvalue weighted by atomic mass is 9.93. The second-order valence-electron chi connectivity index (χ2n) is 10.1. The van der Waals surface area contributed by atoms with E-state index in [9.17, 15) is 71.8 Å². The number of rotatable bonds is 16. The Labute approximate surface area is 263 Å². The SMILES string of the molecule is CCOC(Cc1ccc(OCCN(CC(F)(F)C(F)(F)C(F)(F)C(F)(F)C(F)(F)C(F)(F)F)C(=O)Oc2cccc(C)c2)cc1)C(=O)O. The number of nitrogens with zero attached hydrogens (tertiary/aromatic N) is 1. The molecule has 1 atom stereocenters. The van der Waals surface area contributed by atoms with Gasteiger partial charge in [0.25, 0.3) is 0 Å². The van der Waals surface area contributed by atoms with Crippen LogP contribution in [-0.2, 0) is 16.0 Å². The second-order valence-corrected chi connectivity index (χ2v) is 10.1. The number of benzene rings is 2. The normalized spacial score (nSPS) is 14.0. The standard InChI is InChI=1S/C28H26F13NO6/c1-3-46-20(21(43)44)14-17-7-9-18(10-8-17)47-12-11-42(22(45)48-19-6-4-5-16(2)13-19)15-23(29,30)24(31,32)25(33,34)26(35,36)27(37,38)28(39,40)41/h4-10,13,20H,3,11-12,14-15H2,1-2H3,(H,43,44). The number of ether oxygens (including phenoxy) is 3. The number of aryl methyl sites for hydroxylation is 1. The summed E-state index contributed by atoms with van der Waals surface area (Å²) in [5.74, 6) is -40.0. The fraction of sp³-hybridized carbons (Fsp3) is 0.500. The molecule has 2 aromatic carbocycles. The first kappa shape index (κ1) is 40.2. The molecule has 0 aromatic heterocycles. The highest BCUT2D eigenvalue weighted by atomic mass is 19.4. The first-order valence-corrected chi connectivity index (χ1v) is 13.4. The Hall–Kier alpha value is -3.97. The zero-order valence-electron chi connectivity index (χ0n) is 24.6. The lowest BCUT2D eigenvalue weighted by Crippen LogP contribution is -2.71. The van der Waals surface area contributed by atoms with Crippen molar-refractivity contribution < 1.29 is 86.0 Å². The van der Waals surface area contributed by atoms with Gasteiger partial charge >= 0.3 is 47.9 Å². The molecule has 0 aliphatic rings. The van der Waals surface area contributed by atoms with E-state index in [-0.39, 0.29) is 18.8 Å². The number of aliphatic carboxylic acids is 1. The highest BCUT2D eigenvalue weighted by Crippen LogP contribution is 2.60. The minimum atomic E-state index is -8.10. The average molecular weight is 719 g/mol. The van der Waals surface area contributed by atoms with Crippen molar-refractivity contribution in [2.45, 2.75) is 62.2 Å². The predicted octanol–water partition coefficient (Wildman–Crippen LogP) is 7.65. The Balaban J connectivity index is 2.34. The molecule has 0 fully saturated rings. The van der Waals surface area contributed by atoms with Gasteiger partial charge in [-0.25, -0.2) is 9.59 Å². The number of hydrogen-bond donors (Lipinski definition) is 1. The molecule has 1 amide bonds. The van der Waals surface area contributed by atoms with Gasteiger partial charge in [0.15, 0.2) is 6.10 Å². The first-order chi connectivity index (χ1) is 21.8. The van der Waals surface area contributed by atoms with Gasteiger partial charge in [0, 0.05) is 13.0 Å². The number of carboxylic acids is 1. The van der Waals surface area contributed by atoms with E-state index >= 15 is 0 Å². The van der Waals surface area contributed by atoms with Gasteiger partial charge in [-0.1, -0.05) is 24.3 Å². The molecule has 0 radical (unpaired) electrons. The number of carbonyl (C=O) groups is 2. The Morgan fingerprint density at radius 1 is 0.792 bits per heavy atom. The van der Waals surface area contributed by atoms with Crippen LogP contribution in [0.2, 0.25) is 0 Å². The van der Waals surface area contributed by atoms with Crippen molar-refractivity contribution in [3.63, 3.8) is 0 Å². The quantitative estimate of drug-likeness (QED) is 0.180. The minimum Gasteiger partial charge on any atom is -0.492 e. The van der Waals surface area contributed by atoms with Crippen molar-refractivity contribution in [3.05, 3.63) is 59.7 Å². The number of amides is 1. The molecule has 0 aliphatic heterocycles. The molecule has 0 saturated carbocycles. The summed E-state index contributed by atoms with van der Waals surface area (Å²) in [6, 6.07) is 10.00. The van der Waals surface area contributed by atoms with Crippen LogP contribution in [0.1, 0.15) is 18.1 Å². The lowest BCUT2D eigenvalue weighted by Gasteiger charge is -2.40. The molecule has 1 unspecified atom stereocenters. The first-order valence-electron chi connectivity index (χ1n) is 13.4. The fourth-order valence-electron chi connectivity index (χ4n) is 3.85. The molecule has 0 saturated heterocycles. The Kier molecular flexibility index (Phi) is 12.3. The van der Waals surface area contributed by atoms with Crippen molar-refractivity contribution in [2.75, 3.05) is 26.3 Å². The molecule has 0 spiro atoms. The summed E-state index contributed by atoms with van der Waals surface area (Å²) in [4.78, 5) is 23.5. The molecular formula is C28H26F13NO6. The summed E-state index contributed by atoms with van der Waals surface area (Å²) in [6.07, 6.45) is -10.9. The topological polar surface area (TPSA) is 85.3 Å². The van der Waals surface area contributed by atoms with E-state index in [1.807, 2.05) is 0 Å². The zero-order valence-corrected chi connectivity index (χ0v) is 24.6. The summed E-state index contributed by atoms with van der Waals surface area (Å²) >= 11 is 0. The van der Waals surface area contributed by atoms with Crippen molar-refractivity contribution >= 4 is 12.1 Å². The van der Waals surface area contributed by atoms with Gasteiger partial charge < -0.3 is 19.3 Å². The maximum absolute atomic E-state index is 14.7. The van der Waals surface area contributed by atoms with E-state index in [0.29, 0.717) is 11.1 Å². The van der Waals surface area contributed by atoms with Crippen LogP contribution >= 0.6 is 0 Å². The van der Waals surface area contributed by atoms with Crippen LogP contribution in [0.4, 0.5) is 61.9 Å². The Bertz CT molecular complexity index is 1400. The maximum Gasteiger partial charge on any atom is 0.460 e. The summed E-state index contributed by atoms with van der Waals surface area (Å²) in [5.41, 5.74) is 0.807. The van der Waals surface area contributed by atoms with E-state index in [0.717, 1.165) is 12.1 Å². The van der Waals surface area contributed by atoms with Gasteiger partial charge in [0.1, 0.15) is 18.1 Å². The van der Waals surface area contributed by atoms with Gasteiger partial charge in [0.2, 0.25) is 0 Å². The summed E-state index contributed by atoms with van der Waals surface area (Å²) in [6.45, 7) is -2.03. The van der Waals surface area contributed by atoms with Crippen LogP contribution < -0.4 is 9.47 Å². The van der Waals surface area contributed by atoms with E-state index in [2.05, 4.69) is 0 Å². The molecule has 20 heteroatoms. The summed E-state index contributed by atoms with van der Waals surface area (Å²) in [7, 11) is 0. The van der Waals surface area contributed by atoms with E-state index in [1.165, 1.54) is 43.3 Å². The third kappa shape index (κ3) is 8.54. The molecule has 270 valence electrons. The van der Waals surface area contributed by atoms with Gasteiger partial charge in [-0.2, -0.15) is 57.1 Å². The highest BCUT2D eigenvalue weighted by molar-refractivity contribution is 5.72. The molecule has 2 aromatic rings. The van der Waals surface area contributed by atoms with Crippen LogP contribution in [0.25, 0.3) is 0 Å². The zero-order chi connectivity index (χ0) is 36.9. The third-order valence-corrected chi connectivity index (χ3v) is 6.46. The summed E-state index contributed by atoms with van der Waals surface area (Å²) in [5, 5.41) is 9.17. The number of carboxylic acid groups (broad SMARTS) is 1. The van der Waals surface area contributed by atoms with Gasteiger partial charge in [-0.3, -0.25) is 4.90 Å².